The highest BCUT2D eigenvalue weighted by atomic mass is 16.4. The van der Waals surface area contributed by atoms with Crippen LogP contribution in [0.5, 0.6) is 0 Å². The molecule has 0 heterocycles. The van der Waals surface area contributed by atoms with Gasteiger partial charge in [-0.2, -0.15) is 0 Å². The fourth-order valence-electron chi connectivity index (χ4n) is 2.13. The van der Waals surface area contributed by atoms with E-state index in [0.717, 1.165) is 5.56 Å². The first kappa shape index (κ1) is 10.9. The van der Waals surface area contributed by atoms with E-state index in [2.05, 4.69) is 0 Å². The molecule has 0 spiro atoms. The summed E-state index contributed by atoms with van der Waals surface area (Å²) < 4.78 is 0. The van der Waals surface area contributed by atoms with E-state index in [1.807, 2.05) is 19.1 Å². The third kappa shape index (κ3) is 1.62. The third-order valence-corrected chi connectivity index (χ3v) is 3.49. The molecule has 0 aromatic heterocycles. The van der Waals surface area contributed by atoms with Crippen molar-refractivity contribution in [1.82, 2.24) is 0 Å². The van der Waals surface area contributed by atoms with E-state index in [0.29, 0.717) is 12.0 Å². The van der Waals surface area contributed by atoms with Crippen molar-refractivity contribution in [3.63, 3.8) is 0 Å². The van der Waals surface area contributed by atoms with Crippen molar-refractivity contribution in [1.29, 1.82) is 0 Å². The number of carbonyl (C=O) groups is 2. The molecule has 1 aliphatic rings. The molecule has 1 aromatic carbocycles. The first-order valence-electron chi connectivity index (χ1n) is 5.29. The van der Waals surface area contributed by atoms with Gasteiger partial charge in [0, 0.05) is 11.0 Å². The van der Waals surface area contributed by atoms with E-state index in [1.165, 1.54) is 6.92 Å². The summed E-state index contributed by atoms with van der Waals surface area (Å²) >= 11 is 0. The van der Waals surface area contributed by atoms with Gasteiger partial charge in [0.05, 0.1) is 5.92 Å². The first-order valence-corrected chi connectivity index (χ1v) is 5.29. The maximum Gasteiger partial charge on any atom is 0.307 e. The van der Waals surface area contributed by atoms with Crippen molar-refractivity contribution in [2.24, 2.45) is 5.92 Å². The Kier molecular flexibility index (Phi) is 2.34. The molecule has 1 aromatic rings. The number of ketones is 1. The highest BCUT2D eigenvalue weighted by Crippen LogP contribution is 2.53. The zero-order valence-electron chi connectivity index (χ0n) is 9.36. The predicted molar refractivity (Wildman–Crippen MR) is 59.5 cm³/mol. The lowest BCUT2D eigenvalue weighted by Crippen LogP contribution is -2.11. The quantitative estimate of drug-likeness (QED) is 0.791. The van der Waals surface area contributed by atoms with Crippen molar-refractivity contribution in [3.05, 3.63) is 35.4 Å². The van der Waals surface area contributed by atoms with E-state index in [-0.39, 0.29) is 17.1 Å². The molecule has 84 valence electrons. The second kappa shape index (κ2) is 3.44. The van der Waals surface area contributed by atoms with Crippen LogP contribution in [0.25, 0.3) is 0 Å². The number of carbonyl (C=O) groups excluding carboxylic acids is 1. The number of aliphatic carboxylic acids is 1. The summed E-state index contributed by atoms with van der Waals surface area (Å²) in [4.78, 5) is 22.0. The minimum atomic E-state index is -0.738. The zero-order chi connectivity index (χ0) is 11.9. The summed E-state index contributed by atoms with van der Waals surface area (Å²) in [5.41, 5.74) is 1.42. The largest absolute Gasteiger partial charge is 0.481 e. The lowest BCUT2D eigenvalue weighted by molar-refractivity contribution is -0.138. The van der Waals surface area contributed by atoms with Crippen LogP contribution in [0.4, 0.5) is 0 Å². The van der Waals surface area contributed by atoms with Crippen LogP contribution in [0.2, 0.25) is 0 Å². The zero-order valence-corrected chi connectivity index (χ0v) is 9.36. The Hall–Kier alpha value is -1.64. The summed E-state index contributed by atoms with van der Waals surface area (Å²) in [6, 6.07) is 7.25. The second-order valence-electron chi connectivity index (χ2n) is 4.65. The first-order chi connectivity index (χ1) is 7.45. The summed E-state index contributed by atoms with van der Waals surface area (Å²) in [6.07, 6.45) is 0.682. The fraction of sp³-hybridized carbons (Fsp3) is 0.385. The van der Waals surface area contributed by atoms with Crippen molar-refractivity contribution in [3.8, 4) is 0 Å². The Bertz CT molecular complexity index is 447. The van der Waals surface area contributed by atoms with E-state index < -0.39 is 5.97 Å². The highest BCUT2D eigenvalue weighted by molar-refractivity contribution is 5.94. The van der Waals surface area contributed by atoms with Crippen LogP contribution >= 0.6 is 0 Å². The number of carboxylic acid groups (broad SMARTS) is 1. The Morgan fingerprint density at radius 1 is 1.31 bits per heavy atom. The number of hydrogen-bond donors (Lipinski definition) is 1. The maximum absolute atomic E-state index is 11.1. The molecule has 0 unspecified atom stereocenters. The average molecular weight is 218 g/mol. The molecule has 1 aliphatic carbocycles. The smallest absolute Gasteiger partial charge is 0.307 e. The molecular formula is C13H14O3. The maximum atomic E-state index is 11.1. The predicted octanol–water partition coefficient (Wildman–Crippen LogP) is 2.25. The minimum absolute atomic E-state index is 0.0299. The molecule has 3 heteroatoms. The molecule has 0 saturated heterocycles. The molecule has 0 amide bonds. The van der Waals surface area contributed by atoms with Gasteiger partial charge in [0.25, 0.3) is 0 Å². The summed E-state index contributed by atoms with van der Waals surface area (Å²) in [6.45, 7) is 3.47. The normalized spacial score (nSPS) is 27.5. The summed E-state index contributed by atoms with van der Waals surface area (Å²) in [7, 11) is 0. The van der Waals surface area contributed by atoms with Crippen LogP contribution in [0.1, 0.15) is 36.2 Å². The van der Waals surface area contributed by atoms with Gasteiger partial charge < -0.3 is 5.11 Å². The van der Waals surface area contributed by atoms with E-state index >= 15 is 0 Å². The van der Waals surface area contributed by atoms with Crippen LogP contribution < -0.4 is 0 Å². The van der Waals surface area contributed by atoms with Gasteiger partial charge in [-0.3, -0.25) is 9.59 Å². The van der Waals surface area contributed by atoms with Gasteiger partial charge >= 0.3 is 5.97 Å². The molecule has 1 saturated carbocycles. The summed E-state index contributed by atoms with van der Waals surface area (Å²) in [5.74, 6) is -0.990. The van der Waals surface area contributed by atoms with Gasteiger partial charge in [-0.25, -0.2) is 0 Å². The van der Waals surface area contributed by atoms with Crippen LogP contribution in [-0.2, 0) is 10.2 Å². The highest BCUT2D eigenvalue weighted by Gasteiger charge is 2.55. The van der Waals surface area contributed by atoms with E-state index in [4.69, 9.17) is 5.11 Å². The Balaban J connectivity index is 2.24. The molecule has 0 aliphatic heterocycles. The van der Waals surface area contributed by atoms with Gasteiger partial charge in [0.2, 0.25) is 0 Å². The minimum Gasteiger partial charge on any atom is -0.481 e. The Morgan fingerprint density at radius 3 is 2.25 bits per heavy atom. The molecule has 0 radical (unpaired) electrons. The van der Waals surface area contributed by atoms with Crippen molar-refractivity contribution < 1.29 is 14.7 Å². The standard InChI is InChI=1S/C13H14O3/c1-8(14)9-3-5-10(6-4-9)13(2)7-11(13)12(15)16/h3-6,11H,7H2,1-2H3,(H,15,16)/t11-,13+/m0/s1. The van der Waals surface area contributed by atoms with Crippen LogP contribution in [-0.4, -0.2) is 16.9 Å². The van der Waals surface area contributed by atoms with Gasteiger partial charge in [-0.1, -0.05) is 31.2 Å². The molecule has 3 nitrogen and oxygen atoms in total. The lowest BCUT2D eigenvalue weighted by Gasteiger charge is -2.10. The molecule has 1 N–H and O–H groups in total. The molecule has 0 bridgehead atoms. The van der Waals surface area contributed by atoms with Gasteiger partial charge in [-0.15, -0.1) is 0 Å². The van der Waals surface area contributed by atoms with Gasteiger partial charge in [-0.05, 0) is 18.9 Å². The Labute approximate surface area is 94.1 Å². The molecule has 1 fully saturated rings. The SMILES string of the molecule is CC(=O)c1ccc([C@@]2(C)C[C@H]2C(=O)O)cc1. The fourth-order valence-corrected chi connectivity index (χ4v) is 2.13. The molecular weight excluding hydrogens is 204 g/mol. The summed E-state index contributed by atoms with van der Waals surface area (Å²) in [5, 5.41) is 8.94. The van der Waals surface area contributed by atoms with Crippen LogP contribution in [0, 0.1) is 5.92 Å². The number of benzene rings is 1. The lowest BCUT2D eigenvalue weighted by atomic mass is 9.94. The van der Waals surface area contributed by atoms with E-state index in [1.54, 1.807) is 12.1 Å². The van der Waals surface area contributed by atoms with Crippen molar-refractivity contribution in [2.45, 2.75) is 25.7 Å². The average Bonchev–Trinajstić information content (AvgIpc) is 2.93. The van der Waals surface area contributed by atoms with Crippen LogP contribution in [0.15, 0.2) is 24.3 Å². The van der Waals surface area contributed by atoms with Crippen LogP contribution in [0.3, 0.4) is 0 Å². The van der Waals surface area contributed by atoms with Crippen molar-refractivity contribution in [2.75, 3.05) is 0 Å². The number of carboxylic acids is 1. The topological polar surface area (TPSA) is 54.4 Å². The van der Waals surface area contributed by atoms with Crippen molar-refractivity contribution >= 4 is 11.8 Å². The second-order valence-corrected chi connectivity index (χ2v) is 4.65. The molecule has 2 rings (SSSR count). The Morgan fingerprint density at radius 2 is 1.88 bits per heavy atom. The number of Topliss-reactive ketones (excluding diaryl/α,β-unsaturated/α-hetero) is 1. The van der Waals surface area contributed by atoms with Gasteiger partial charge in [0.1, 0.15) is 0 Å². The number of rotatable bonds is 3. The van der Waals surface area contributed by atoms with E-state index in [9.17, 15) is 9.59 Å². The third-order valence-electron chi connectivity index (χ3n) is 3.49. The molecule has 2 atom stereocenters. The monoisotopic (exact) mass is 218 g/mol. The van der Waals surface area contributed by atoms with Gasteiger partial charge in [0.15, 0.2) is 5.78 Å². The molecule has 16 heavy (non-hydrogen) atoms. The number of hydrogen-bond acceptors (Lipinski definition) is 2.